The molecule has 2 amide bonds. The SMILES string of the molecule is CCCCNC(=O)C1c2ccccc2C(=O)N1CCc1ccc(-c2ccccc2)cc1. The Morgan fingerprint density at radius 2 is 1.58 bits per heavy atom. The average molecular weight is 413 g/mol. The van der Waals surface area contributed by atoms with Gasteiger partial charge in [0, 0.05) is 18.7 Å². The Hall–Kier alpha value is -3.40. The number of benzene rings is 3. The summed E-state index contributed by atoms with van der Waals surface area (Å²) in [4.78, 5) is 27.7. The van der Waals surface area contributed by atoms with E-state index in [2.05, 4.69) is 48.6 Å². The van der Waals surface area contributed by atoms with Crippen LogP contribution in [-0.4, -0.2) is 29.8 Å². The van der Waals surface area contributed by atoms with Gasteiger partial charge in [0.15, 0.2) is 0 Å². The molecule has 0 aliphatic carbocycles. The maximum Gasteiger partial charge on any atom is 0.255 e. The number of unbranched alkanes of at least 4 members (excludes halogenated alkanes) is 1. The predicted octanol–water partition coefficient (Wildman–Crippen LogP) is 5.01. The molecule has 3 aromatic carbocycles. The summed E-state index contributed by atoms with van der Waals surface area (Å²) in [5, 5.41) is 3.01. The molecule has 0 fully saturated rings. The number of carbonyl (C=O) groups excluding carboxylic acids is 2. The minimum Gasteiger partial charge on any atom is -0.354 e. The van der Waals surface area contributed by atoms with Crippen LogP contribution in [0, 0.1) is 0 Å². The van der Waals surface area contributed by atoms with E-state index < -0.39 is 6.04 Å². The van der Waals surface area contributed by atoms with Crippen molar-refractivity contribution >= 4 is 11.8 Å². The molecule has 1 unspecified atom stereocenters. The summed E-state index contributed by atoms with van der Waals surface area (Å²) in [6, 6.07) is 25.6. The number of carbonyl (C=O) groups is 2. The van der Waals surface area contributed by atoms with E-state index in [1.165, 1.54) is 11.1 Å². The van der Waals surface area contributed by atoms with Gasteiger partial charge in [0.25, 0.3) is 5.91 Å². The van der Waals surface area contributed by atoms with Gasteiger partial charge in [-0.15, -0.1) is 0 Å². The second kappa shape index (κ2) is 9.61. The van der Waals surface area contributed by atoms with Gasteiger partial charge in [-0.3, -0.25) is 9.59 Å². The Bertz CT molecular complexity index is 1040. The molecule has 158 valence electrons. The first-order chi connectivity index (χ1) is 15.2. The van der Waals surface area contributed by atoms with E-state index in [1.54, 1.807) is 4.90 Å². The molecule has 0 aromatic heterocycles. The molecule has 0 bridgehead atoms. The summed E-state index contributed by atoms with van der Waals surface area (Å²) < 4.78 is 0. The van der Waals surface area contributed by atoms with Crippen molar-refractivity contribution in [3.63, 3.8) is 0 Å². The van der Waals surface area contributed by atoms with Gasteiger partial charge >= 0.3 is 0 Å². The van der Waals surface area contributed by atoms with Gasteiger partial charge in [0.2, 0.25) is 5.91 Å². The first kappa shape index (κ1) is 20.9. The highest BCUT2D eigenvalue weighted by Crippen LogP contribution is 2.34. The van der Waals surface area contributed by atoms with Crippen LogP contribution in [-0.2, 0) is 11.2 Å². The minimum atomic E-state index is -0.552. The van der Waals surface area contributed by atoms with E-state index in [9.17, 15) is 9.59 Å². The lowest BCUT2D eigenvalue weighted by Gasteiger charge is -2.24. The fourth-order valence-corrected chi connectivity index (χ4v) is 4.11. The van der Waals surface area contributed by atoms with Crippen molar-refractivity contribution in [2.45, 2.75) is 32.2 Å². The molecule has 4 heteroatoms. The first-order valence-electron chi connectivity index (χ1n) is 11.0. The van der Waals surface area contributed by atoms with Crippen LogP contribution >= 0.6 is 0 Å². The van der Waals surface area contributed by atoms with Crippen LogP contribution in [0.2, 0.25) is 0 Å². The van der Waals surface area contributed by atoms with E-state index in [0.717, 1.165) is 24.0 Å². The smallest absolute Gasteiger partial charge is 0.255 e. The van der Waals surface area contributed by atoms with Crippen LogP contribution in [0.5, 0.6) is 0 Å². The molecule has 1 atom stereocenters. The van der Waals surface area contributed by atoms with E-state index in [1.807, 2.05) is 42.5 Å². The second-order valence-electron chi connectivity index (χ2n) is 7.95. The molecule has 1 aliphatic heterocycles. The van der Waals surface area contributed by atoms with E-state index in [4.69, 9.17) is 0 Å². The van der Waals surface area contributed by atoms with Gasteiger partial charge in [-0.25, -0.2) is 0 Å². The molecule has 0 saturated heterocycles. The quantitative estimate of drug-likeness (QED) is 0.529. The van der Waals surface area contributed by atoms with Gasteiger partial charge in [-0.1, -0.05) is 86.1 Å². The molecule has 1 N–H and O–H groups in total. The summed E-state index contributed by atoms with van der Waals surface area (Å²) in [5.41, 5.74) is 4.94. The molecular formula is C27H28N2O2. The number of hydrogen-bond donors (Lipinski definition) is 1. The zero-order valence-corrected chi connectivity index (χ0v) is 17.9. The van der Waals surface area contributed by atoms with Gasteiger partial charge in [-0.2, -0.15) is 0 Å². The third-order valence-corrected chi connectivity index (χ3v) is 5.84. The monoisotopic (exact) mass is 412 g/mol. The number of nitrogens with one attached hydrogen (secondary N) is 1. The Balaban J connectivity index is 1.48. The molecule has 0 radical (unpaired) electrons. The van der Waals surface area contributed by atoms with Crippen LogP contribution in [0.3, 0.4) is 0 Å². The summed E-state index contributed by atoms with van der Waals surface area (Å²) >= 11 is 0. The number of nitrogens with zero attached hydrogens (tertiary/aromatic N) is 1. The van der Waals surface area contributed by atoms with E-state index in [-0.39, 0.29) is 11.8 Å². The number of hydrogen-bond acceptors (Lipinski definition) is 2. The van der Waals surface area contributed by atoms with Crippen molar-refractivity contribution in [2.75, 3.05) is 13.1 Å². The molecule has 1 heterocycles. The maximum atomic E-state index is 13.0. The van der Waals surface area contributed by atoms with Crippen LogP contribution in [0.25, 0.3) is 11.1 Å². The molecule has 0 saturated carbocycles. The second-order valence-corrected chi connectivity index (χ2v) is 7.95. The van der Waals surface area contributed by atoms with Gasteiger partial charge in [0.05, 0.1) is 0 Å². The van der Waals surface area contributed by atoms with E-state index in [0.29, 0.717) is 25.1 Å². The molecular weight excluding hydrogens is 384 g/mol. The fraction of sp³-hybridized carbons (Fsp3) is 0.259. The van der Waals surface area contributed by atoms with Crippen molar-refractivity contribution in [2.24, 2.45) is 0 Å². The average Bonchev–Trinajstić information content (AvgIpc) is 3.10. The summed E-state index contributed by atoms with van der Waals surface area (Å²) in [6.45, 7) is 3.23. The Morgan fingerprint density at radius 1 is 0.903 bits per heavy atom. The van der Waals surface area contributed by atoms with Crippen LogP contribution < -0.4 is 5.32 Å². The summed E-state index contributed by atoms with van der Waals surface area (Å²) in [6.07, 6.45) is 2.65. The highest BCUT2D eigenvalue weighted by Gasteiger charge is 2.40. The van der Waals surface area contributed by atoms with Crippen molar-refractivity contribution < 1.29 is 9.59 Å². The minimum absolute atomic E-state index is 0.0628. The topological polar surface area (TPSA) is 49.4 Å². The van der Waals surface area contributed by atoms with Crippen molar-refractivity contribution in [1.29, 1.82) is 0 Å². The van der Waals surface area contributed by atoms with Crippen molar-refractivity contribution in [1.82, 2.24) is 10.2 Å². The molecule has 3 aromatic rings. The summed E-state index contributed by atoms with van der Waals surface area (Å²) in [5.74, 6) is -0.154. The van der Waals surface area contributed by atoms with Crippen molar-refractivity contribution in [3.8, 4) is 11.1 Å². The lowest BCUT2D eigenvalue weighted by atomic mass is 10.0. The lowest BCUT2D eigenvalue weighted by molar-refractivity contribution is -0.125. The zero-order chi connectivity index (χ0) is 21.6. The molecule has 4 rings (SSSR count). The van der Waals surface area contributed by atoms with Crippen molar-refractivity contribution in [3.05, 3.63) is 95.6 Å². The molecule has 4 nitrogen and oxygen atoms in total. The van der Waals surface area contributed by atoms with Crippen LogP contribution in [0.1, 0.15) is 47.3 Å². The maximum absolute atomic E-state index is 13.0. The fourth-order valence-electron chi connectivity index (χ4n) is 4.11. The Morgan fingerprint density at radius 3 is 2.32 bits per heavy atom. The Kier molecular flexibility index (Phi) is 6.46. The number of amides is 2. The number of fused-ring (bicyclic) bond motifs is 1. The lowest BCUT2D eigenvalue weighted by Crippen LogP contribution is -2.40. The predicted molar refractivity (Wildman–Crippen MR) is 124 cm³/mol. The molecule has 1 aliphatic rings. The highest BCUT2D eigenvalue weighted by atomic mass is 16.2. The van der Waals surface area contributed by atoms with Gasteiger partial charge in [-0.05, 0) is 41.2 Å². The Labute approximate surface area is 183 Å². The third kappa shape index (κ3) is 4.53. The molecule has 31 heavy (non-hydrogen) atoms. The highest BCUT2D eigenvalue weighted by molar-refractivity contribution is 6.04. The van der Waals surface area contributed by atoms with Crippen LogP contribution in [0.15, 0.2) is 78.9 Å². The van der Waals surface area contributed by atoms with Gasteiger partial charge < -0.3 is 10.2 Å². The van der Waals surface area contributed by atoms with E-state index >= 15 is 0 Å². The molecule has 0 spiro atoms. The third-order valence-electron chi connectivity index (χ3n) is 5.84. The van der Waals surface area contributed by atoms with Crippen LogP contribution in [0.4, 0.5) is 0 Å². The largest absolute Gasteiger partial charge is 0.354 e. The standard InChI is InChI=1S/C27H28N2O2/c1-2-3-18-28-26(30)25-23-11-7-8-12-24(23)27(31)29(25)19-17-20-13-15-22(16-14-20)21-9-5-4-6-10-21/h4-16,25H,2-3,17-19H2,1H3,(H,28,30). The number of rotatable bonds is 8. The zero-order valence-electron chi connectivity index (χ0n) is 17.9. The normalized spacial score (nSPS) is 15.1. The first-order valence-corrected chi connectivity index (χ1v) is 11.0. The van der Waals surface area contributed by atoms with Gasteiger partial charge in [0.1, 0.15) is 6.04 Å². The summed E-state index contributed by atoms with van der Waals surface area (Å²) in [7, 11) is 0.